The summed E-state index contributed by atoms with van der Waals surface area (Å²) in [6.07, 6.45) is 7.58. The maximum Gasteiger partial charge on any atom is 0.0693 e. The second-order valence-electron chi connectivity index (χ2n) is 6.72. The smallest absolute Gasteiger partial charge is 0.0693 e. The maximum atomic E-state index is 6.01. The van der Waals surface area contributed by atoms with Gasteiger partial charge in [0.05, 0.1) is 5.69 Å². The first-order valence-corrected chi connectivity index (χ1v) is 8.15. The van der Waals surface area contributed by atoms with Gasteiger partial charge in [0, 0.05) is 23.7 Å². The zero-order valence-electron chi connectivity index (χ0n) is 12.9. The van der Waals surface area contributed by atoms with E-state index in [1.54, 1.807) is 5.56 Å². The lowest BCUT2D eigenvalue weighted by molar-refractivity contribution is 0.376. The zero-order chi connectivity index (χ0) is 14.1. The van der Waals surface area contributed by atoms with Crippen LogP contribution in [-0.2, 0) is 13.0 Å². The van der Waals surface area contributed by atoms with Crippen LogP contribution in [0.3, 0.4) is 0 Å². The van der Waals surface area contributed by atoms with Crippen molar-refractivity contribution in [3.05, 3.63) is 17.0 Å². The van der Waals surface area contributed by atoms with Gasteiger partial charge in [0.2, 0.25) is 0 Å². The molecule has 1 atom stereocenters. The molecular weight excluding hydrogens is 248 g/mol. The van der Waals surface area contributed by atoms with Gasteiger partial charge >= 0.3 is 0 Å². The number of fused-ring (bicyclic) bond motifs is 1. The SMILES string of the molecule is CN(C)CCCn1nc(C2CC2)c2c1CCCC2CN. The molecule has 2 aliphatic carbocycles. The molecule has 0 bridgehead atoms. The fraction of sp³-hybridized carbons (Fsp3) is 0.812. The third kappa shape index (κ3) is 2.77. The van der Waals surface area contributed by atoms with Crippen LogP contribution in [0, 0.1) is 0 Å². The van der Waals surface area contributed by atoms with Gasteiger partial charge in [-0.3, -0.25) is 4.68 Å². The summed E-state index contributed by atoms with van der Waals surface area (Å²) in [5.41, 5.74) is 10.5. The number of nitrogens with two attached hydrogens (primary N) is 1. The van der Waals surface area contributed by atoms with Gasteiger partial charge in [0.15, 0.2) is 0 Å². The van der Waals surface area contributed by atoms with E-state index < -0.39 is 0 Å². The molecular formula is C16H28N4. The first-order chi connectivity index (χ1) is 9.70. The van der Waals surface area contributed by atoms with Crippen molar-refractivity contribution in [1.29, 1.82) is 0 Å². The van der Waals surface area contributed by atoms with Gasteiger partial charge < -0.3 is 10.6 Å². The van der Waals surface area contributed by atoms with E-state index in [2.05, 4.69) is 23.7 Å². The van der Waals surface area contributed by atoms with Crippen molar-refractivity contribution in [2.24, 2.45) is 5.73 Å². The second-order valence-corrected chi connectivity index (χ2v) is 6.72. The minimum Gasteiger partial charge on any atom is -0.330 e. The van der Waals surface area contributed by atoms with Crippen LogP contribution in [0.5, 0.6) is 0 Å². The minimum atomic E-state index is 0.567. The van der Waals surface area contributed by atoms with Gasteiger partial charge in [-0.05, 0) is 71.6 Å². The molecule has 0 spiro atoms. The molecule has 0 amide bonds. The van der Waals surface area contributed by atoms with E-state index in [0.29, 0.717) is 5.92 Å². The predicted octanol–water partition coefficient (Wildman–Crippen LogP) is 2.09. The van der Waals surface area contributed by atoms with Crippen molar-refractivity contribution in [1.82, 2.24) is 14.7 Å². The van der Waals surface area contributed by atoms with E-state index in [4.69, 9.17) is 10.8 Å². The lowest BCUT2D eigenvalue weighted by Gasteiger charge is -2.23. The molecule has 112 valence electrons. The molecule has 1 heterocycles. The molecule has 20 heavy (non-hydrogen) atoms. The van der Waals surface area contributed by atoms with E-state index in [-0.39, 0.29) is 0 Å². The molecule has 0 radical (unpaired) electrons. The summed E-state index contributed by atoms with van der Waals surface area (Å²) in [6.45, 7) is 2.98. The Balaban J connectivity index is 1.83. The fourth-order valence-corrected chi connectivity index (χ4v) is 3.52. The van der Waals surface area contributed by atoms with Crippen molar-refractivity contribution in [2.75, 3.05) is 27.2 Å². The summed E-state index contributed by atoms with van der Waals surface area (Å²) in [5, 5.41) is 4.99. The van der Waals surface area contributed by atoms with Gasteiger partial charge in [0.1, 0.15) is 0 Å². The summed E-state index contributed by atoms with van der Waals surface area (Å²) >= 11 is 0. The number of nitrogens with zero attached hydrogens (tertiary/aromatic N) is 3. The Morgan fingerprint density at radius 3 is 2.75 bits per heavy atom. The highest BCUT2D eigenvalue weighted by atomic mass is 15.3. The average Bonchev–Trinajstić information content (AvgIpc) is 3.21. The molecule has 2 aliphatic rings. The zero-order valence-corrected chi connectivity index (χ0v) is 12.9. The summed E-state index contributed by atoms with van der Waals surface area (Å²) in [4.78, 5) is 2.25. The molecule has 1 aromatic heterocycles. The fourth-order valence-electron chi connectivity index (χ4n) is 3.52. The van der Waals surface area contributed by atoms with Crippen LogP contribution < -0.4 is 5.73 Å². The van der Waals surface area contributed by atoms with Crippen molar-refractivity contribution in [3.63, 3.8) is 0 Å². The van der Waals surface area contributed by atoms with Gasteiger partial charge in [-0.25, -0.2) is 0 Å². The van der Waals surface area contributed by atoms with Gasteiger partial charge in [-0.15, -0.1) is 0 Å². The summed E-state index contributed by atoms with van der Waals surface area (Å²) in [7, 11) is 4.28. The van der Waals surface area contributed by atoms with Crippen LogP contribution in [0.1, 0.15) is 60.9 Å². The van der Waals surface area contributed by atoms with Crippen LogP contribution in [0.25, 0.3) is 0 Å². The van der Waals surface area contributed by atoms with E-state index in [1.165, 1.54) is 49.9 Å². The van der Waals surface area contributed by atoms with E-state index in [9.17, 15) is 0 Å². The summed E-state index contributed by atoms with van der Waals surface area (Å²) in [6, 6.07) is 0. The van der Waals surface area contributed by atoms with E-state index >= 15 is 0 Å². The maximum absolute atomic E-state index is 6.01. The van der Waals surface area contributed by atoms with Crippen LogP contribution in [0.2, 0.25) is 0 Å². The molecule has 1 fully saturated rings. The molecule has 0 saturated heterocycles. The van der Waals surface area contributed by atoms with Crippen LogP contribution in [0.15, 0.2) is 0 Å². The van der Waals surface area contributed by atoms with Gasteiger partial charge in [-0.2, -0.15) is 5.10 Å². The Labute approximate surface area is 122 Å². The molecule has 2 N–H and O–H groups in total. The quantitative estimate of drug-likeness (QED) is 0.865. The van der Waals surface area contributed by atoms with Gasteiger partial charge in [0.25, 0.3) is 0 Å². The largest absolute Gasteiger partial charge is 0.330 e. The Bertz CT molecular complexity index is 459. The second kappa shape index (κ2) is 5.86. The third-order valence-electron chi connectivity index (χ3n) is 4.73. The molecule has 1 unspecified atom stereocenters. The van der Waals surface area contributed by atoms with Crippen LogP contribution >= 0.6 is 0 Å². The number of hydrogen-bond acceptors (Lipinski definition) is 3. The first kappa shape index (κ1) is 14.1. The van der Waals surface area contributed by atoms with Crippen molar-refractivity contribution >= 4 is 0 Å². The number of aromatic nitrogens is 2. The molecule has 0 aromatic carbocycles. The highest BCUT2D eigenvalue weighted by Crippen LogP contribution is 2.45. The lowest BCUT2D eigenvalue weighted by Crippen LogP contribution is -2.20. The molecule has 3 rings (SSSR count). The Kier molecular flexibility index (Phi) is 4.13. The average molecular weight is 276 g/mol. The lowest BCUT2D eigenvalue weighted by atomic mass is 9.84. The predicted molar refractivity (Wildman–Crippen MR) is 82.1 cm³/mol. The normalized spacial score (nSPS) is 22.3. The van der Waals surface area contributed by atoms with Gasteiger partial charge in [-0.1, -0.05) is 0 Å². The topological polar surface area (TPSA) is 47.1 Å². The monoisotopic (exact) mass is 276 g/mol. The number of rotatable bonds is 6. The van der Waals surface area contributed by atoms with Crippen molar-refractivity contribution < 1.29 is 0 Å². The Hall–Kier alpha value is -0.870. The minimum absolute atomic E-state index is 0.567. The molecule has 1 aromatic rings. The molecule has 1 saturated carbocycles. The molecule has 4 nitrogen and oxygen atoms in total. The Morgan fingerprint density at radius 2 is 2.10 bits per heavy atom. The van der Waals surface area contributed by atoms with E-state index in [1.807, 2.05) is 0 Å². The van der Waals surface area contributed by atoms with E-state index in [0.717, 1.165) is 25.6 Å². The third-order valence-corrected chi connectivity index (χ3v) is 4.73. The van der Waals surface area contributed by atoms with Crippen LogP contribution in [-0.4, -0.2) is 41.9 Å². The van der Waals surface area contributed by atoms with Crippen molar-refractivity contribution in [2.45, 2.75) is 56.9 Å². The van der Waals surface area contributed by atoms with Crippen LogP contribution in [0.4, 0.5) is 0 Å². The summed E-state index contributed by atoms with van der Waals surface area (Å²) in [5.74, 6) is 1.31. The molecule has 0 aliphatic heterocycles. The molecule has 4 heteroatoms. The highest BCUT2D eigenvalue weighted by molar-refractivity contribution is 5.37. The number of aryl methyl sites for hydroxylation is 1. The highest BCUT2D eigenvalue weighted by Gasteiger charge is 2.35. The Morgan fingerprint density at radius 1 is 1.30 bits per heavy atom. The van der Waals surface area contributed by atoms with Crippen molar-refractivity contribution in [3.8, 4) is 0 Å². The number of hydrogen-bond donors (Lipinski definition) is 1. The first-order valence-electron chi connectivity index (χ1n) is 8.15. The summed E-state index contributed by atoms with van der Waals surface area (Å²) < 4.78 is 2.31. The standard InChI is InChI=1S/C16H28N4/c1-19(2)9-4-10-20-14-6-3-5-13(11-17)15(14)16(18-20)12-7-8-12/h12-13H,3-11,17H2,1-2H3.